The molecule has 46 heavy (non-hydrogen) atoms. The second-order valence-electron chi connectivity index (χ2n) is 12.5. The van der Waals surface area contributed by atoms with Gasteiger partial charge in [0.05, 0.1) is 27.6 Å². The molecular formula is C44H26N2. The maximum absolute atomic E-state index is 2.54. The highest BCUT2D eigenvalue weighted by Gasteiger charge is 2.25. The van der Waals surface area contributed by atoms with Crippen molar-refractivity contribution in [3.8, 4) is 16.8 Å². The standard InChI is InChI=1S/C44H26N2/c1-2-12-27(13-3-1)28-16-10-17-31(24-28)45-39-26-30-15-5-4-14-29(30)25-37(39)41-40-36-22-11-21-33-32-18-8-9-23-38(32)46(42(33)36)44(40)35-20-7-6-19-34(35)43(41)45/h1-26H. The molecular weight excluding hydrogens is 556 g/mol. The lowest BCUT2D eigenvalue weighted by Crippen LogP contribution is -1.96. The van der Waals surface area contributed by atoms with Crippen molar-refractivity contribution < 1.29 is 0 Å². The van der Waals surface area contributed by atoms with Crippen molar-refractivity contribution in [1.29, 1.82) is 0 Å². The van der Waals surface area contributed by atoms with E-state index in [1.54, 1.807) is 0 Å². The second kappa shape index (κ2) is 8.74. The molecule has 0 aliphatic heterocycles. The molecule has 0 fully saturated rings. The first-order chi connectivity index (χ1) is 22.8. The molecule has 2 nitrogen and oxygen atoms in total. The van der Waals surface area contributed by atoms with Gasteiger partial charge in [-0.05, 0) is 52.2 Å². The van der Waals surface area contributed by atoms with Gasteiger partial charge in [-0.2, -0.15) is 0 Å². The molecule has 0 atom stereocenters. The van der Waals surface area contributed by atoms with Crippen molar-refractivity contribution >= 4 is 81.4 Å². The van der Waals surface area contributed by atoms with Crippen molar-refractivity contribution in [3.05, 3.63) is 158 Å². The minimum absolute atomic E-state index is 1.17. The van der Waals surface area contributed by atoms with Crippen LogP contribution in [-0.4, -0.2) is 8.97 Å². The normalized spacial score (nSPS) is 12.3. The molecule has 212 valence electrons. The first-order valence-corrected chi connectivity index (χ1v) is 16.0. The Morgan fingerprint density at radius 1 is 0.326 bits per heavy atom. The summed E-state index contributed by atoms with van der Waals surface area (Å²) in [6, 6.07) is 58.1. The first kappa shape index (κ1) is 24.2. The Bertz CT molecular complexity index is 3010. The molecule has 0 aliphatic carbocycles. The van der Waals surface area contributed by atoms with Crippen LogP contribution in [0.3, 0.4) is 0 Å². The third-order valence-corrected chi connectivity index (χ3v) is 10.2. The lowest BCUT2D eigenvalue weighted by Gasteiger charge is -2.13. The lowest BCUT2D eigenvalue weighted by molar-refractivity contribution is 1.19. The average Bonchev–Trinajstić information content (AvgIpc) is 3.76. The summed E-state index contributed by atoms with van der Waals surface area (Å²) in [5, 5.41) is 12.9. The molecule has 0 amide bonds. The summed E-state index contributed by atoms with van der Waals surface area (Å²) in [7, 11) is 0. The molecule has 11 aromatic rings. The molecule has 0 N–H and O–H groups in total. The number of hydrogen-bond acceptors (Lipinski definition) is 0. The summed E-state index contributed by atoms with van der Waals surface area (Å²) >= 11 is 0. The first-order valence-electron chi connectivity index (χ1n) is 16.0. The second-order valence-corrected chi connectivity index (χ2v) is 12.5. The zero-order valence-corrected chi connectivity index (χ0v) is 24.9. The SMILES string of the molecule is c1ccc(-c2cccc(-n3c4cc5ccccc5cc4c4c5c6cccc7c8ccccc8n(c76)c5c5ccccc5c43)c2)cc1. The van der Waals surface area contributed by atoms with Crippen LogP contribution in [0, 0.1) is 0 Å². The number of fused-ring (bicyclic) bond motifs is 14. The summed E-state index contributed by atoms with van der Waals surface area (Å²) in [5.41, 5.74) is 9.96. The van der Waals surface area contributed by atoms with Gasteiger partial charge in [0.1, 0.15) is 0 Å². The van der Waals surface area contributed by atoms with Gasteiger partial charge in [0.2, 0.25) is 0 Å². The van der Waals surface area contributed by atoms with Crippen LogP contribution in [0.5, 0.6) is 0 Å². The van der Waals surface area contributed by atoms with Gasteiger partial charge >= 0.3 is 0 Å². The Morgan fingerprint density at radius 3 is 1.76 bits per heavy atom. The summed E-state index contributed by atoms with van der Waals surface area (Å²) in [5.74, 6) is 0. The molecule has 0 spiro atoms. The van der Waals surface area contributed by atoms with E-state index < -0.39 is 0 Å². The van der Waals surface area contributed by atoms with E-state index in [0.29, 0.717) is 0 Å². The maximum Gasteiger partial charge on any atom is 0.0627 e. The highest BCUT2D eigenvalue weighted by molar-refractivity contribution is 6.40. The van der Waals surface area contributed by atoms with E-state index in [2.05, 4.69) is 167 Å². The molecule has 8 aromatic carbocycles. The van der Waals surface area contributed by atoms with E-state index >= 15 is 0 Å². The Hall–Kier alpha value is -6.12. The number of nitrogens with zero attached hydrogens (tertiary/aromatic N) is 2. The Balaban J connectivity index is 1.43. The largest absolute Gasteiger partial charge is 0.309 e. The average molecular weight is 583 g/mol. The van der Waals surface area contributed by atoms with E-state index in [4.69, 9.17) is 0 Å². The molecule has 3 heterocycles. The molecule has 0 saturated heterocycles. The third-order valence-electron chi connectivity index (χ3n) is 10.2. The predicted octanol–water partition coefficient (Wildman–Crippen LogP) is 11.9. The van der Waals surface area contributed by atoms with Gasteiger partial charge < -0.3 is 8.97 Å². The van der Waals surface area contributed by atoms with E-state index in [1.165, 1.54) is 98.3 Å². The van der Waals surface area contributed by atoms with Gasteiger partial charge in [-0.15, -0.1) is 0 Å². The third kappa shape index (κ3) is 3.01. The van der Waals surface area contributed by atoms with Gasteiger partial charge in [0.25, 0.3) is 0 Å². The fourth-order valence-corrected chi connectivity index (χ4v) is 8.30. The zero-order valence-electron chi connectivity index (χ0n) is 24.9. The molecule has 2 heteroatoms. The van der Waals surface area contributed by atoms with Crippen LogP contribution in [0.2, 0.25) is 0 Å². The predicted molar refractivity (Wildman–Crippen MR) is 196 cm³/mol. The smallest absolute Gasteiger partial charge is 0.0627 e. The Labute approximate surface area is 264 Å². The fraction of sp³-hybridized carbons (Fsp3) is 0. The van der Waals surface area contributed by atoms with E-state index in [-0.39, 0.29) is 0 Å². The highest BCUT2D eigenvalue weighted by atomic mass is 15.0. The van der Waals surface area contributed by atoms with E-state index in [1.807, 2.05) is 0 Å². The van der Waals surface area contributed by atoms with E-state index in [9.17, 15) is 0 Å². The van der Waals surface area contributed by atoms with Gasteiger partial charge in [-0.3, -0.25) is 0 Å². The van der Waals surface area contributed by atoms with Crippen LogP contribution in [0.25, 0.3) is 98.3 Å². The highest BCUT2D eigenvalue weighted by Crippen LogP contribution is 2.49. The van der Waals surface area contributed by atoms with Crippen LogP contribution >= 0.6 is 0 Å². The van der Waals surface area contributed by atoms with E-state index in [0.717, 1.165) is 0 Å². The van der Waals surface area contributed by atoms with Gasteiger partial charge in [0.15, 0.2) is 0 Å². The molecule has 11 rings (SSSR count). The van der Waals surface area contributed by atoms with Crippen molar-refractivity contribution in [3.63, 3.8) is 0 Å². The quantitative estimate of drug-likeness (QED) is 0.192. The molecule has 0 saturated carbocycles. The summed E-state index contributed by atoms with van der Waals surface area (Å²) in [6.07, 6.45) is 0. The van der Waals surface area contributed by atoms with Crippen molar-refractivity contribution in [1.82, 2.24) is 8.97 Å². The fourth-order valence-electron chi connectivity index (χ4n) is 8.30. The molecule has 0 aliphatic rings. The molecule has 0 radical (unpaired) electrons. The number of rotatable bonds is 2. The molecule has 0 bridgehead atoms. The van der Waals surface area contributed by atoms with Crippen LogP contribution in [0.15, 0.2) is 158 Å². The number of benzene rings is 8. The zero-order chi connectivity index (χ0) is 29.9. The monoisotopic (exact) mass is 582 g/mol. The summed E-state index contributed by atoms with van der Waals surface area (Å²) in [4.78, 5) is 0. The van der Waals surface area contributed by atoms with Gasteiger partial charge in [-0.1, -0.05) is 127 Å². The molecule has 0 unspecified atom stereocenters. The summed E-state index contributed by atoms with van der Waals surface area (Å²) < 4.78 is 5.06. The lowest BCUT2D eigenvalue weighted by atomic mass is 9.97. The van der Waals surface area contributed by atoms with Crippen molar-refractivity contribution in [2.75, 3.05) is 0 Å². The van der Waals surface area contributed by atoms with Crippen LogP contribution in [0.1, 0.15) is 0 Å². The van der Waals surface area contributed by atoms with Crippen molar-refractivity contribution in [2.24, 2.45) is 0 Å². The Morgan fingerprint density at radius 2 is 0.913 bits per heavy atom. The number of aromatic nitrogens is 2. The van der Waals surface area contributed by atoms with Crippen LogP contribution < -0.4 is 0 Å². The van der Waals surface area contributed by atoms with Crippen molar-refractivity contribution in [2.45, 2.75) is 0 Å². The molecule has 3 aromatic heterocycles. The van der Waals surface area contributed by atoms with Gasteiger partial charge in [0, 0.05) is 48.8 Å². The maximum atomic E-state index is 2.54. The van der Waals surface area contributed by atoms with Crippen LogP contribution in [0.4, 0.5) is 0 Å². The van der Waals surface area contributed by atoms with Gasteiger partial charge in [-0.25, -0.2) is 0 Å². The topological polar surface area (TPSA) is 9.34 Å². The number of para-hydroxylation sites is 2. The minimum Gasteiger partial charge on any atom is -0.309 e. The Kier molecular flexibility index (Phi) is 4.61. The number of hydrogen-bond donors (Lipinski definition) is 0. The minimum atomic E-state index is 1.17. The summed E-state index contributed by atoms with van der Waals surface area (Å²) in [6.45, 7) is 0. The van der Waals surface area contributed by atoms with Crippen LogP contribution in [-0.2, 0) is 0 Å².